The second-order valence-electron chi connectivity index (χ2n) is 3.24. The van der Waals surface area contributed by atoms with E-state index in [2.05, 4.69) is 50.8 Å². The van der Waals surface area contributed by atoms with E-state index in [1.165, 1.54) is 14.8 Å². The standard InChI is InChI=1S/C11H8N2S.CH3I/c1-7-11-10(13-6-12-7)8-4-2-3-5-9(8)14-11;1-2/h2-6H,1H3;1H3. The molecule has 0 aliphatic carbocycles. The Morgan fingerprint density at radius 2 is 1.88 bits per heavy atom. The molecule has 0 aliphatic rings. The summed E-state index contributed by atoms with van der Waals surface area (Å²) >= 11 is 3.91. The van der Waals surface area contributed by atoms with Crippen LogP contribution in [0.25, 0.3) is 20.3 Å². The van der Waals surface area contributed by atoms with Crippen LogP contribution in [0.3, 0.4) is 0 Å². The zero-order valence-electron chi connectivity index (χ0n) is 9.07. The maximum Gasteiger partial charge on any atom is 0.116 e. The maximum absolute atomic E-state index is 4.33. The van der Waals surface area contributed by atoms with Gasteiger partial charge in [-0.3, -0.25) is 0 Å². The molecule has 0 fully saturated rings. The maximum atomic E-state index is 4.33. The van der Waals surface area contributed by atoms with Crippen molar-refractivity contribution in [2.75, 3.05) is 4.93 Å². The van der Waals surface area contributed by atoms with Gasteiger partial charge in [-0.25, -0.2) is 9.97 Å². The Morgan fingerprint density at radius 1 is 1.12 bits per heavy atom. The highest BCUT2D eigenvalue weighted by Gasteiger charge is 2.07. The number of benzene rings is 1. The fourth-order valence-corrected chi connectivity index (χ4v) is 2.74. The first-order valence-electron chi connectivity index (χ1n) is 4.83. The molecule has 2 heterocycles. The first kappa shape index (κ1) is 11.7. The minimum Gasteiger partial charge on any atom is -0.240 e. The molecule has 0 radical (unpaired) electrons. The molecule has 1 aromatic carbocycles. The summed E-state index contributed by atoms with van der Waals surface area (Å²) in [4.78, 5) is 10.5. The lowest BCUT2D eigenvalue weighted by Crippen LogP contribution is -1.81. The van der Waals surface area contributed by atoms with Gasteiger partial charge in [0.1, 0.15) is 6.33 Å². The number of halogens is 1. The highest BCUT2D eigenvalue weighted by Crippen LogP contribution is 2.32. The second-order valence-corrected chi connectivity index (χ2v) is 4.29. The molecule has 0 aliphatic heterocycles. The van der Waals surface area contributed by atoms with Crippen LogP contribution in [0.1, 0.15) is 5.69 Å². The van der Waals surface area contributed by atoms with Crippen LogP contribution in [-0.2, 0) is 0 Å². The van der Waals surface area contributed by atoms with Crippen LogP contribution in [0.2, 0.25) is 0 Å². The average Bonchev–Trinajstić information content (AvgIpc) is 2.72. The highest BCUT2D eigenvalue weighted by atomic mass is 127. The third kappa shape index (κ3) is 1.91. The molecule has 0 N–H and O–H groups in total. The van der Waals surface area contributed by atoms with Crippen molar-refractivity contribution in [3.63, 3.8) is 0 Å². The number of rotatable bonds is 0. The fraction of sp³-hybridized carbons (Fsp3) is 0.167. The molecule has 0 amide bonds. The molecular weight excluding hydrogens is 331 g/mol. The summed E-state index contributed by atoms with van der Waals surface area (Å²) in [6.45, 7) is 2.03. The van der Waals surface area contributed by atoms with E-state index in [0.717, 1.165) is 11.2 Å². The molecular formula is C12H11IN2S. The smallest absolute Gasteiger partial charge is 0.116 e. The van der Waals surface area contributed by atoms with Crippen molar-refractivity contribution < 1.29 is 0 Å². The van der Waals surface area contributed by atoms with Crippen LogP contribution in [0.15, 0.2) is 30.6 Å². The Morgan fingerprint density at radius 3 is 2.69 bits per heavy atom. The normalized spacial score (nSPS) is 10.2. The van der Waals surface area contributed by atoms with Gasteiger partial charge in [0.2, 0.25) is 0 Å². The molecule has 0 saturated carbocycles. The van der Waals surface area contributed by atoms with E-state index in [-0.39, 0.29) is 0 Å². The van der Waals surface area contributed by atoms with E-state index in [4.69, 9.17) is 0 Å². The molecule has 3 aromatic rings. The minimum atomic E-state index is 1.07. The minimum absolute atomic E-state index is 1.07. The Balaban J connectivity index is 0.000000457. The van der Waals surface area contributed by atoms with Crippen molar-refractivity contribution in [3.05, 3.63) is 36.3 Å². The zero-order valence-corrected chi connectivity index (χ0v) is 12.0. The highest BCUT2D eigenvalue weighted by molar-refractivity contribution is 14.1. The number of thiophene rings is 1. The van der Waals surface area contributed by atoms with Gasteiger partial charge < -0.3 is 0 Å². The summed E-state index contributed by atoms with van der Waals surface area (Å²) in [5.41, 5.74) is 2.15. The van der Waals surface area contributed by atoms with Gasteiger partial charge in [-0.2, -0.15) is 0 Å². The lowest BCUT2D eigenvalue weighted by Gasteiger charge is -1.91. The van der Waals surface area contributed by atoms with Crippen LogP contribution in [0.4, 0.5) is 0 Å². The molecule has 2 aromatic heterocycles. The Hall–Kier alpha value is -0.750. The van der Waals surface area contributed by atoms with Gasteiger partial charge in [-0.1, -0.05) is 40.8 Å². The van der Waals surface area contributed by atoms with Crippen LogP contribution in [-0.4, -0.2) is 14.9 Å². The molecule has 2 nitrogen and oxygen atoms in total. The summed E-state index contributed by atoms with van der Waals surface area (Å²) in [5.74, 6) is 0. The predicted molar refractivity (Wildman–Crippen MR) is 79.6 cm³/mol. The number of aromatic nitrogens is 2. The van der Waals surface area contributed by atoms with E-state index in [0.29, 0.717) is 0 Å². The summed E-state index contributed by atoms with van der Waals surface area (Å²) < 4.78 is 2.49. The Kier molecular flexibility index (Phi) is 3.70. The number of fused-ring (bicyclic) bond motifs is 3. The summed E-state index contributed by atoms with van der Waals surface area (Å²) in [5, 5.41) is 1.23. The largest absolute Gasteiger partial charge is 0.240 e. The molecule has 3 rings (SSSR count). The summed E-state index contributed by atoms with van der Waals surface area (Å²) in [6, 6.07) is 8.34. The van der Waals surface area contributed by atoms with Gasteiger partial charge in [0.05, 0.1) is 15.9 Å². The van der Waals surface area contributed by atoms with Gasteiger partial charge in [0.15, 0.2) is 0 Å². The van der Waals surface area contributed by atoms with Gasteiger partial charge in [-0.15, -0.1) is 11.3 Å². The monoisotopic (exact) mass is 342 g/mol. The molecule has 0 spiro atoms. The molecule has 0 atom stereocenters. The molecule has 0 unspecified atom stereocenters. The molecule has 0 saturated heterocycles. The van der Waals surface area contributed by atoms with Gasteiger partial charge in [0.25, 0.3) is 0 Å². The van der Waals surface area contributed by atoms with Crippen molar-refractivity contribution in [3.8, 4) is 0 Å². The van der Waals surface area contributed by atoms with Crippen molar-refractivity contribution in [1.29, 1.82) is 0 Å². The van der Waals surface area contributed by atoms with Gasteiger partial charge in [0, 0.05) is 10.1 Å². The number of nitrogens with zero attached hydrogens (tertiary/aromatic N) is 2. The number of hydrogen-bond donors (Lipinski definition) is 0. The molecule has 82 valence electrons. The number of hydrogen-bond acceptors (Lipinski definition) is 3. The Bertz CT molecular complexity index is 619. The molecule has 0 bridgehead atoms. The molecule has 4 heteroatoms. The zero-order chi connectivity index (χ0) is 11.5. The van der Waals surface area contributed by atoms with E-state index in [1.807, 2.05) is 17.9 Å². The van der Waals surface area contributed by atoms with Gasteiger partial charge in [-0.05, 0) is 17.9 Å². The summed E-state index contributed by atoms with van der Waals surface area (Å²) in [7, 11) is 0. The van der Waals surface area contributed by atoms with E-state index >= 15 is 0 Å². The SMILES string of the molecule is CI.Cc1ncnc2c1sc1ccccc12. The van der Waals surface area contributed by atoms with Gasteiger partial charge >= 0.3 is 0 Å². The van der Waals surface area contributed by atoms with Crippen molar-refractivity contribution in [1.82, 2.24) is 9.97 Å². The van der Waals surface area contributed by atoms with Crippen LogP contribution < -0.4 is 0 Å². The average molecular weight is 342 g/mol. The fourth-order valence-electron chi connectivity index (χ4n) is 1.64. The number of alkyl halides is 1. The Labute approximate surface area is 112 Å². The lowest BCUT2D eigenvalue weighted by molar-refractivity contribution is 1.16. The predicted octanol–water partition coefficient (Wildman–Crippen LogP) is 4.20. The third-order valence-corrected chi connectivity index (χ3v) is 3.60. The van der Waals surface area contributed by atoms with Crippen LogP contribution in [0, 0.1) is 6.92 Å². The van der Waals surface area contributed by atoms with Crippen molar-refractivity contribution in [2.45, 2.75) is 6.92 Å². The van der Waals surface area contributed by atoms with E-state index in [9.17, 15) is 0 Å². The van der Waals surface area contributed by atoms with Crippen LogP contribution >= 0.6 is 33.9 Å². The quantitative estimate of drug-likeness (QED) is 0.452. The number of aryl methyl sites for hydroxylation is 1. The van der Waals surface area contributed by atoms with E-state index in [1.54, 1.807) is 17.7 Å². The van der Waals surface area contributed by atoms with Crippen LogP contribution in [0.5, 0.6) is 0 Å². The topological polar surface area (TPSA) is 25.8 Å². The second kappa shape index (κ2) is 5.05. The van der Waals surface area contributed by atoms with E-state index < -0.39 is 0 Å². The molecule has 16 heavy (non-hydrogen) atoms. The van der Waals surface area contributed by atoms with Crippen molar-refractivity contribution >= 4 is 54.2 Å². The summed E-state index contributed by atoms with van der Waals surface area (Å²) in [6.07, 6.45) is 1.64. The third-order valence-electron chi connectivity index (χ3n) is 2.34. The first-order chi connectivity index (χ1) is 7.86. The lowest BCUT2D eigenvalue weighted by atomic mass is 10.2. The van der Waals surface area contributed by atoms with Crippen molar-refractivity contribution in [2.24, 2.45) is 0 Å². The first-order valence-corrected chi connectivity index (χ1v) is 7.80.